The van der Waals surface area contributed by atoms with Crippen molar-refractivity contribution in [1.29, 1.82) is 0 Å². The van der Waals surface area contributed by atoms with Crippen molar-refractivity contribution >= 4 is 10.9 Å². The van der Waals surface area contributed by atoms with Gasteiger partial charge in [0.2, 0.25) is 0 Å². The highest BCUT2D eigenvalue weighted by molar-refractivity contribution is 5.84. The molecule has 1 N–H and O–H groups in total. The molecule has 1 heterocycles. The van der Waals surface area contributed by atoms with E-state index in [2.05, 4.69) is 53.2 Å². The highest BCUT2D eigenvalue weighted by Crippen LogP contribution is 2.22. The average molecular weight is 254 g/mol. The average Bonchev–Trinajstić information content (AvgIpc) is 2.80. The van der Waals surface area contributed by atoms with Gasteiger partial charge in [-0.15, -0.1) is 12.3 Å². The number of terminal acetylenes is 1. The van der Waals surface area contributed by atoms with Crippen LogP contribution in [0.25, 0.3) is 10.9 Å². The second-order valence-electron chi connectivity index (χ2n) is 4.78. The van der Waals surface area contributed by atoms with Gasteiger partial charge in [-0.25, -0.2) is 0 Å². The number of nitrogens with one attached hydrogen (secondary N) is 1. The van der Waals surface area contributed by atoms with Gasteiger partial charge >= 0.3 is 0 Å². The maximum absolute atomic E-state index is 5.37. The summed E-state index contributed by atoms with van der Waals surface area (Å²) in [5, 5.41) is 4.75. The van der Waals surface area contributed by atoms with E-state index in [1.807, 2.05) is 0 Å². The molecule has 19 heavy (non-hydrogen) atoms. The molecule has 0 bridgehead atoms. The normalized spacial score (nSPS) is 10.7. The van der Waals surface area contributed by atoms with Gasteiger partial charge in [0, 0.05) is 30.1 Å². The minimum Gasteiger partial charge on any atom is -0.346 e. The predicted octanol–water partition coefficient (Wildman–Crippen LogP) is 3.21. The summed E-state index contributed by atoms with van der Waals surface area (Å²) in [6, 6.07) is 8.60. The summed E-state index contributed by atoms with van der Waals surface area (Å²) in [5.74, 6) is 2.72. The molecule has 0 spiro atoms. The molecule has 1 aromatic carbocycles. The fourth-order valence-corrected chi connectivity index (χ4v) is 2.47. The summed E-state index contributed by atoms with van der Waals surface area (Å²) in [7, 11) is 0. The van der Waals surface area contributed by atoms with Crippen LogP contribution in [0.3, 0.4) is 0 Å². The van der Waals surface area contributed by atoms with Crippen molar-refractivity contribution in [2.75, 3.05) is 13.1 Å². The Hall–Kier alpha value is -1.72. The molecule has 0 radical (unpaired) electrons. The van der Waals surface area contributed by atoms with E-state index in [1.165, 1.54) is 22.9 Å². The van der Waals surface area contributed by atoms with E-state index in [9.17, 15) is 0 Å². The number of para-hydroxylation sites is 1. The van der Waals surface area contributed by atoms with Gasteiger partial charge in [-0.2, -0.15) is 0 Å². The van der Waals surface area contributed by atoms with Gasteiger partial charge in [-0.1, -0.05) is 25.1 Å². The molecule has 0 aliphatic carbocycles. The molecule has 1 aromatic heterocycles. The number of nitrogens with zero attached hydrogens (tertiary/aromatic N) is 1. The molecule has 0 aliphatic heterocycles. The Balaban J connectivity index is 2.16. The molecule has 2 nitrogen and oxygen atoms in total. The SMILES string of the molecule is C#CCCn1cc(CCCNCC)c2ccccc21. The number of aromatic nitrogens is 1. The fraction of sp³-hybridized carbons (Fsp3) is 0.412. The van der Waals surface area contributed by atoms with E-state index in [-0.39, 0.29) is 0 Å². The van der Waals surface area contributed by atoms with Crippen LogP contribution in [-0.4, -0.2) is 17.7 Å². The highest BCUT2D eigenvalue weighted by Gasteiger charge is 2.07. The molecule has 100 valence electrons. The number of rotatable bonds is 7. The summed E-state index contributed by atoms with van der Waals surface area (Å²) in [6.45, 7) is 5.18. The minimum absolute atomic E-state index is 0.787. The van der Waals surface area contributed by atoms with Crippen molar-refractivity contribution < 1.29 is 0 Å². The van der Waals surface area contributed by atoms with Crippen LogP contribution >= 0.6 is 0 Å². The number of hydrogen-bond acceptors (Lipinski definition) is 1. The maximum atomic E-state index is 5.37. The summed E-state index contributed by atoms with van der Waals surface area (Å²) in [5.41, 5.74) is 2.74. The molecule has 0 amide bonds. The molecule has 2 rings (SSSR count). The van der Waals surface area contributed by atoms with Gasteiger partial charge in [-0.05, 0) is 37.6 Å². The number of aryl methyl sites for hydroxylation is 2. The second-order valence-corrected chi connectivity index (χ2v) is 4.78. The lowest BCUT2D eigenvalue weighted by molar-refractivity contribution is 0.671. The number of benzene rings is 1. The first-order valence-corrected chi connectivity index (χ1v) is 7.07. The largest absolute Gasteiger partial charge is 0.346 e. The van der Waals surface area contributed by atoms with E-state index < -0.39 is 0 Å². The van der Waals surface area contributed by atoms with Gasteiger partial charge < -0.3 is 9.88 Å². The Morgan fingerprint density at radius 3 is 2.95 bits per heavy atom. The standard InChI is InChI=1S/C17H22N2/c1-3-5-13-19-14-15(9-8-12-18-4-2)16-10-6-7-11-17(16)19/h1,6-7,10-11,14,18H,4-5,8-9,12-13H2,2H3. The molecule has 2 aromatic rings. The lowest BCUT2D eigenvalue weighted by Crippen LogP contribution is -2.14. The third-order valence-electron chi connectivity index (χ3n) is 3.42. The van der Waals surface area contributed by atoms with Gasteiger partial charge in [0.1, 0.15) is 0 Å². The quantitative estimate of drug-likeness (QED) is 0.593. The zero-order chi connectivity index (χ0) is 13.5. The molecular weight excluding hydrogens is 232 g/mol. The van der Waals surface area contributed by atoms with Crippen LogP contribution in [0.2, 0.25) is 0 Å². The summed E-state index contributed by atoms with van der Waals surface area (Å²) in [4.78, 5) is 0. The second kappa shape index (κ2) is 7.01. The Bertz CT molecular complexity index is 560. The molecule has 2 heteroatoms. The zero-order valence-electron chi connectivity index (χ0n) is 11.7. The van der Waals surface area contributed by atoms with Crippen molar-refractivity contribution in [2.45, 2.75) is 32.7 Å². The molecule has 0 unspecified atom stereocenters. The molecular formula is C17H22N2. The van der Waals surface area contributed by atoms with Crippen LogP contribution in [0.5, 0.6) is 0 Å². The van der Waals surface area contributed by atoms with Crippen LogP contribution in [0.1, 0.15) is 25.3 Å². The third kappa shape index (κ3) is 3.39. The lowest BCUT2D eigenvalue weighted by atomic mass is 10.1. The molecule has 0 saturated heterocycles. The van der Waals surface area contributed by atoms with E-state index in [1.54, 1.807) is 0 Å². The Kier molecular flexibility index (Phi) is 5.06. The number of hydrogen-bond donors (Lipinski definition) is 1. The van der Waals surface area contributed by atoms with Crippen LogP contribution in [0, 0.1) is 12.3 Å². The van der Waals surface area contributed by atoms with Crippen LogP contribution in [0.15, 0.2) is 30.5 Å². The highest BCUT2D eigenvalue weighted by atomic mass is 15.0. The first-order valence-electron chi connectivity index (χ1n) is 7.07. The Morgan fingerprint density at radius 1 is 1.32 bits per heavy atom. The van der Waals surface area contributed by atoms with Gasteiger partial charge in [0.15, 0.2) is 0 Å². The van der Waals surface area contributed by atoms with Crippen molar-refractivity contribution in [1.82, 2.24) is 9.88 Å². The summed E-state index contributed by atoms with van der Waals surface area (Å²) >= 11 is 0. The monoisotopic (exact) mass is 254 g/mol. The van der Waals surface area contributed by atoms with Crippen molar-refractivity contribution in [2.24, 2.45) is 0 Å². The fourth-order valence-electron chi connectivity index (χ4n) is 2.47. The van der Waals surface area contributed by atoms with E-state index in [0.717, 1.165) is 32.5 Å². The third-order valence-corrected chi connectivity index (χ3v) is 3.42. The van der Waals surface area contributed by atoms with Crippen molar-refractivity contribution in [3.63, 3.8) is 0 Å². The van der Waals surface area contributed by atoms with Crippen molar-refractivity contribution in [3.05, 3.63) is 36.0 Å². The lowest BCUT2D eigenvalue weighted by Gasteiger charge is -2.00. The zero-order valence-corrected chi connectivity index (χ0v) is 11.7. The van der Waals surface area contributed by atoms with E-state index in [0.29, 0.717) is 0 Å². The van der Waals surface area contributed by atoms with Crippen molar-refractivity contribution in [3.8, 4) is 12.3 Å². The smallest absolute Gasteiger partial charge is 0.0483 e. The molecule has 0 atom stereocenters. The van der Waals surface area contributed by atoms with Crippen LogP contribution < -0.4 is 5.32 Å². The van der Waals surface area contributed by atoms with Crippen LogP contribution in [-0.2, 0) is 13.0 Å². The van der Waals surface area contributed by atoms with Gasteiger partial charge in [0.05, 0.1) is 0 Å². The molecule has 0 fully saturated rings. The predicted molar refractivity (Wildman–Crippen MR) is 82.3 cm³/mol. The van der Waals surface area contributed by atoms with Gasteiger partial charge in [-0.3, -0.25) is 0 Å². The van der Waals surface area contributed by atoms with E-state index >= 15 is 0 Å². The van der Waals surface area contributed by atoms with Gasteiger partial charge in [0.25, 0.3) is 0 Å². The minimum atomic E-state index is 0.787. The maximum Gasteiger partial charge on any atom is 0.0483 e. The molecule has 0 aliphatic rings. The Morgan fingerprint density at radius 2 is 2.16 bits per heavy atom. The first kappa shape index (κ1) is 13.7. The van der Waals surface area contributed by atoms with E-state index in [4.69, 9.17) is 6.42 Å². The Labute approximate surface area is 115 Å². The summed E-state index contributed by atoms with van der Waals surface area (Å²) in [6.07, 6.45) is 10.7. The summed E-state index contributed by atoms with van der Waals surface area (Å²) < 4.78 is 2.29. The topological polar surface area (TPSA) is 17.0 Å². The number of fused-ring (bicyclic) bond motifs is 1. The van der Waals surface area contributed by atoms with Crippen LogP contribution in [0.4, 0.5) is 0 Å². The first-order chi connectivity index (χ1) is 9.36. The molecule has 0 saturated carbocycles.